The molecule has 2 N–H and O–H groups in total. The van der Waals surface area contributed by atoms with Gasteiger partial charge in [0.25, 0.3) is 0 Å². The van der Waals surface area contributed by atoms with Crippen LogP contribution in [0.15, 0.2) is 33.9 Å². The average Bonchev–Trinajstić information content (AvgIpc) is 2.58. The first kappa shape index (κ1) is 22.7. The van der Waals surface area contributed by atoms with Gasteiger partial charge in [0.15, 0.2) is 6.61 Å². The molecule has 0 aromatic heterocycles. The highest BCUT2D eigenvalue weighted by molar-refractivity contribution is 9.10. The fourth-order valence-electron chi connectivity index (χ4n) is 2.75. The highest BCUT2D eigenvalue weighted by atomic mass is 79.9. The molecule has 0 saturated carbocycles. The SMILES string of the molecule is CCOC(=O)COc1ccc(Br)cc1[C@@H]1NC(=O)NC(C)=C1C(=O)OC(C)(C)C. The number of esters is 2. The molecule has 2 amide bonds. The van der Waals surface area contributed by atoms with Gasteiger partial charge >= 0.3 is 18.0 Å². The second kappa shape index (κ2) is 9.30. The number of halogens is 1. The molecule has 0 fully saturated rings. The van der Waals surface area contributed by atoms with E-state index in [2.05, 4.69) is 26.6 Å². The van der Waals surface area contributed by atoms with Crippen LogP contribution < -0.4 is 15.4 Å². The van der Waals surface area contributed by atoms with E-state index in [1.54, 1.807) is 52.8 Å². The Morgan fingerprint density at radius 1 is 1.24 bits per heavy atom. The minimum Gasteiger partial charge on any atom is -0.482 e. The number of nitrogens with one attached hydrogen (secondary N) is 2. The maximum atomic E-state index is 12.9. The van der Waals surface area contributed by atoms with Gasteiger partial charge in [-0.1, -0.05) is 15.9 Å². The molecule has 1 aliphatic rings. The molecule has 0 aliphatic carbocycles. The lowest BCUT2D eigenvalue weighted by molar-refractivity contribution is -0.150. The van der Waals surface area contributed by atoms with E-state index in [9.17, 15) is 14.4 Å². The number of rotatable bonds is 6. The van der Waals surface area contributed by atoms with Crippen molar-refractivity contribution in [3.63, 3.8) is 0 Å². The molecule has 1 aromatic rings. The van der Waals surface area contributed by atoms with Crippen molar-refractivity contribution < 1.29 is 28.6 Å². The topological polar surface area (TPSA) is 103 Å². The first-order valence-electron chi connectivity index (χ1n) is 9.11. The van der Waals surface area contributed by atoms with Crippen LogP contribution >= 0.6 is 15.9 Å². The van der Waals surface area contributed by atoms with Crippen LogP contribution in [0.1, 0.15) is 46.2 Å². The Balaban J connectivity index is 2.44. The van der Waals surface area contributed by atoms with E-state index in [1.807, 2.05) is 0 Å². The van der Waals surface area contributed by atoms with E-state index in [4.69, 9.17) is 14.2 Å². The van der Waals surface area contributed by atoms with E-state index in [-0.39, 0.29) is 18.8 Å². The molecule has 29 heavy (non-hydrogen) atoms. The summed E-state index contributed by atoms with van der Waals surface area (Å²) in [6.45, 7) is 8.56. The van der Waals surface area contributed by atoms with Gasteiger partial charge in [-0.3, -0.25) is 0 Å². The standard InChI is InChI=1S/C20H25BrN2O6/c1-6-27-15(24)10-28-14-8-7-12(21)9-13(14)17-16(11(2)22-19(26)23-17)18(25)29-20(3,4)5/h7-9,17H,6,10H2,1-5H3,(H2,22,23,26)/t17-/m0/s1. The van der Waals surface area contributed by atoms with E-state index in [0.717, 1.165) is 0 Å². The minimum absolute atomic E-state index is 0.241. The van der Waals surface area contributed by atoms with Gasteiger partial charge in [0.1, 0.15) is 11.4 Å². The van der Waals surface area contributed by atoms with E-state index in [0.29, 0.717) is 21.5 Å². The van der Waals surface area contributed by atoms with Crippen molar-refractivity contribution in [3.8, 4) is 5.75 Å². The largest absolute Gasteiger partial charge is 0.482 e. The van der Waals surface area contributed by atoms with Crippen LogP contribution in [0.3, 0.4) is 0 Å². The Bertz CT molecular complexity index is 844. The van der Waals surface area contributed by atoms with Crippen LogP contribution in [-0.4, -0.2) is 36.8 Å². The lowest BCUT2D eigenvalue weighted by Crippen LogP contribution is -2.46. The van der Waals surface area contributed by atoms with Gasteiger partial charge in [0.2, 0.25) is 0 Å². The summed E-state index contributed by atoms with van der Waals surface area (Å²) in [6.07, 6.45) is 0. The summed E-state index contributed by atoms with van der Waals surface area (Å²) >= 11 is 3.40. The van der Waals surface area contributed by atoms with Gasteiger partial charge in [0.05, 0.1) is 18.2 Å². The Labute approximate surface area is 178 Å². The number of hydrogen-bond donors (Lipinski definition) is 2. The number of urea groups is 1. The van der Waals surface area contributed by atoms with Crippen molar-refractivity contribution in [3.05, 3.63) is 39.5 Å². The summed E-state index contributed by atoms with van der Waals surface area (Å²) in [5, 5.41) is 5.33. The van der Waals surface area contributed by atoms with Gasteiger partial charge in [-0.25, -0.2) is 14.4 Å². The normalized spacial score (nSPS) is 16.6. The zero-order chi connectivity index (χ0) is 21.8. The fourth-order valence-corrected chi connectivity index (χ4v) is 3.13. The van der Waals surface area contributed by atoms with Crippen LogP contribution in [0.2, 0.25) is 0 Å². The highest BCUT2D eigenvalue weighted by Gasteiger charge is 2.35. The minimum atomic E-state index is -0.826. The molecule has 158 valence electrons. The quantitative estimate of drug-likeness (QED) is 0.620. The molecule has 0 bridgehead atoms. The summed E-state index contributed by atoms with van der Waals surface area (Å²) < 4.78 is 16.7. The first-order valence-corrected chi connectivity index (χ1v) is 9.90. The maximum Gasteiger partial charge on any atom is 0.344 e. The predicted octanol–water partition coefficient (Wildman–Crippen LogP) is 3.36. The Kier molecular flexibility index (Phi) is 7.29. The van der Waals surface area contributed by atoms with Crippen molar-refractivity contribution in [2.24, 2.45) is 0 Å². The van der Waals surface area contributed by atoms with Crippen LogP contribution in [0.4, 0.5) is 4.79 Å². The molecule has 0 saturated heterocycles. The Morgan fingerprint density at radius 2 is 1.93 bits per heavy atom. The molecule has 0 spiro atoms. The third-order valence-corrected chi connectivity index (χ3v) is 4.31. The predicted molar refractivity (Wildman–Crippen MR) is 109 cm³/mol. The molecule has 9 heteroatoms. The molecular formula is C20H25BrN2O6. The summed E-state index contributed by atoms with van der Waals surface area (Å²) in [4.78, 5) is 36.7. The Morgan fingerprint density at radius 3 is 2.55 bits per heavy atom. The lowest BCUT2D eigenvalue weighted by Gasteiger charge is -2.31. The second-order valence-electron chi connectivity index (χ2n) is 7.35. The molecule has 1 heterocycles. The Hall–Kier alpha value is -2.55. The first-order chi connectivity index (χ1) is 13.5. The smallest absolute Gasteiger partial charge is 0.344 e. The molecule has 1 aliphatic heterocycles. The van der Waals surface area contributed by atoms with Crippen LogP contribution in [0.5, 0.6) is 5.75 Å². The van der Waals surface area contributed by atoms with Crippen molar-refractivity contribution in [1.29, 1.82) is 0 Å². The molecular weight excluding hydrogens is 444 g/mol. The molecule has 2 rings (SSSR count). The van der Waals surface area contributed by atoms with Crippen molar-refractivity contribution >= 4 is 33.9 Å². The van der Waals surface area contributed by atoms with E-state index < -0.39 is 29.6 Å². The number of hydrogen-bond acceptors (Lipinski definition) is 6. The summed E-state index contributed by atoms with van der Waals surface area (Å²) in [5.74, 6) is -0.749. The average molecular weight is 469 g/mol. The van der Waals surface area contributed by atoms with Crippen molar-refractivity contribution in [2.45, 2.75) is 46.3 Å². The van der Waals surface area contributed by atoms with Crippen molar-refractivity contribution in [2.75, 3.05) is 13.2 Å². The number of carbonyl (C=O) groups is 3. The molecule has 0 radical (unpaired) electrons. The van der Waals surface area contributed by atoms with Gasteiger partial charge in [-0.15, -0.1) is 0 Å². The zero-order valence-corrected chi connectivity index (χ0v) is 18.6. The number of carbonyl (C=O) groups excluding carboxylic acids is 3. The number of amides is 2. The molecule has 0 unspecified atom stereocenters. The molecule has 1 aromatic carbocycles. The van der Waals surface area contributed by atoms with Gasteiger partial charge in [0, 0.05) is 15.7 Å². The summed E-state index contributed by atoms with van der Waals surface area (Å²) in [5.41, 5.74) is 0.415. The fraction of sp³-hybridized carbons (Fsp3) is 0.450. The number of ether oxygens (including phenoxy) is 3. The zero-order valence-electron chi connectivity index (χ0n) is 17.1. The third kappa shape index (κ3) is 6.22. The van der Waals surface area contributed by atoms with E-state index in [1.165, 1.54) is 0 Å². The summed E-state index contributed by atoms with van der Waals surface area (Å²) in [7, 11) is 0. The van der Waals surface area contributed by atoms with Gasteiger partial charge < -0.3 is 24.8 Å². The highest BCUT2D eigenvalue weighted by Crippen LogP contribution is 2.36. The van der Waals surface area contributed by atoms with Crippen LogP contribution in [0.25, 0.3) is 0 Å². The monoisotopic (exact) mass is 468 g/mol. The van der Waals surface area contributed by atoms with Gasteiger partial charge in [-0.05, 0) is 52.8 Å². The lowest BCUT2D eigenvalue weighted by atomic mass is 9.94. The maximum absolute atomic E-state index is 12.9. The van der Waals surface area contributed by atoms with Crippen LogP contribution in [0, 0.1) is 0 Å². The van der Waals surface area contributed by atoms with E-state index >= 15 is 0 Å². The third-order valence-electron chi connectivity index (χ3n) is 3.82. The second-order valence-corrected chi connectivity index (χ2v) is 8.26. The molecule has 1 atom stereocenters. The summed E-state index contributed by atoms with van der Waals surface area (Å²) in [6, 6.07) is 3.81. The van der Waals surface area contributed by atoms with Crippen LogP contribution in [-0.2, 0) is 19.1 Å². The number of benzene rings is 1. The van der Waals surface area contributed by atoms with Crippen molar-refractivity contribution in [1.82, 2.24) is 10.6 Å². The molecule has 8 nitrogen and oxygen atoms in total. The number of allylic oxidation sites excluding steroid dienone is 1. The van der Waals surface area contributed by atoms with Gasteiger partial charge in [-0.2, -0.15) is 0 Å².